The van der Waals surface area contributed by atoms with Gasteiger partial charge in [-0.1, -0.05) is 17.7 Å². The highest BCUT2D eigenvalue weighted by Crippen LogP contribution is 2.31. The normalized spacial score (nSPS) is 17.8. The van der Waals surface area contributed by atoms with Gasteiger partial charge in [0.15, 0.2) is 5.82 Å². The lowest BCUT2D eigenvalue weighted by molar-refractivity contribution is 0.0963. The molecule has 2 aliphatic rings. The number of hydrogen-bond acceptors (Lipinski definition) is 7. The molecule has 3 aromatic rings. The van der Waals surface area contributed by atoms with Crippen LogP contribution in [0.15, 0.2) is 42.6 Å². The average molecular weight is 507 g/mol. The third kappa shape index (κ3) is 5.39. The van der Waals surface area contributed by atoms with Crippen molar-refractivity contribution in [3.63, 3.8) is 0 Å². The molecule has 188 valence electrons. The van der Waals surface area contributed by atoms with E-state index in [4.69, 9.17) is 11.6 Å². The molecule has 9 heteroatoms. The molecule has 1 atom stereocenters. The second-order valence-corrected chi connectivity index (χ2v) is 9.81. The first-order valence-electron chi connectivity index (χ1n) is 12.5. The number of carbonyl (C=O) groups excluding carboxylic acids is 1. The van der Waals surface area contributed by atoms with E-state index in [0.717, 1.165) is 18.5 Å². The maximum atomic E-state index is 12.3. The molecule has 1 aliphatic carbocycles. The molecule has 0 radical (unpaired) electrons. The summed E-state index contributed by atoms with van der Waals surface area (Å²) in [5.41, 5.74) is 4.48. The van der Waals surface area contributed by atoms with Gasteiger partial charge in [-0.25, -0.2) is 4.98 Å². The SMILES string of the molecule is CNC(=O)c1cc(O)ccc1Nc1nc(Nc2ccc3c(c2)CC[C@@H](N2CCCC2)CC3)ncc1Cl. The van der Waals surface area contributed by atoms with Gasteiger partial charge in [-0.2, -0.15) is 4.98 Å². The molecular formula is C27H31ClN6O2. The Kier molecular flexibility index (Phi) is 7.25. The van der Waals surface area contributed by atoms with Crippen LogP contribution < -0.4 is 16.0 Å². The van der Waals surface area contributed by atoms with Gasteiger partial charge in [0.2, 0.25) is 5.95 Å². The van der Waals surface area contributed by atoms with E-state index in [2.05, 4.69) is 49.0 Å². The van der Waals surface area contributed by atoms with Crippen molar-refractivity contribution in [2.24, 2.45) is 0 Å². The molecule has 4 N–H and O–H groups in total. The molecule has 2 heterocycles. The fraction of sp³-hybridized carbons (Fsp3) is 0.370. The molecule has 1 amide bonds. The smallest absolute Gasteiger partial charge is 0.253 e. The highest BCUT2D eigenvalue weighted by atomic mass is 35.5. The Bertz CT molecular complexity index is 1260. The van der Waals surface area contributed by atoms with Gasteiger partial charge in [0, 0.05) is 18.8 Å². The van der Waals surface area contributed by atoms with Crippen LogP contribution in [0.3, 0.4) is 0 Å². The zero-order valence-electron chi connectivity index (χ0n) is 20.4. The standard InChI is InChI=1S/C27H31ClN6O2/c1-29-26(36)22-15-21(35)10-11-24(22)32-25-23(28)16-30-27(33-25)31-19-7-4-17-5-8-20(9-6-18(17)14-19)34-12-2-3-13-34/h4,7,10-11,14-16,20,35H,2-3,5-6,8-9,12-13H2,1H3,(H,29,36)(H2,30,31,32,33)/t20-/m0/s1. The minimum absolute atomic E-state index is 0.00903. The number of nitrogens with zero attached hydrogens (tertiary/aromatic N) is 3. The highest BCUT2D eigenvalue weighted by molar-refractivity contribution is 6.33. The highest BCUT2D eigenvalue weighted by Gasteiger charge is 2.24. The average Bonchev–Trinajstić information content (AvgIpc) is 3.34. The Morgan fingerprint density at radius 3 is 2.61 bits per heavy atom. The predicted molar refractivity (Wildman–Crippen MR) is 143 cm³/mol. The van der Waals surface area contributed by atoms with Crippen LogP contribution in [0.1, 0.15) is 47.2 Å². The molecule has 1 fully saturated rings. The van der Waals surface area contributed by atoms with E-state index in [0.29, 0.717) is 28.5 Å². The maximum Gasteiger partial charge on any atom is 0.253 e. The zero-order chi connectivity index (χ0) is 25.1. The number of hydrogen-bond donors (Lipinski definition) is 4. The summed E-state index contributed by atoms with van der Waals surface area (Å²) < 4.78 is 0. The van der Waals surface area contributed by atoms with Gasteiger partial charge in [-0.3, -0.25) is 4.79 Å². The van der Waals surface area contributed by atoms with E-state index in [9.17, 15) is 9.90 Å². The first-order valence-corrected chi connectivity index (χ1v) is 12.9. The number of rotatable bonds is 6. The molecule has 0 bridgehead atoms. The van der Waals surface area contributed by atoms with Gasteiger partial charge in [-0.05, 0) is 93.1 Å². The van der Waals surface area contributed by atoms with Crippen LogP contribution in [-0.4, -0.2) is 52.1 Å². The van der Waals surface area contributed by atoms with Crippen molar-refractivity contribution >= 4 is 40.6 Å². The molecule has 5 rings (SSSR count). The number of anilines is 4. The first-order chi connectivity index (χ1) is 17.5. The second-order valence-electron chi connectivity index (χ2n) is 9.41. The minimum atomic E-state index is -0.339. The van der Waals surface area contributed by atoms with Crippen molar-refractivity contribution in [1.82, 2.24) is 20.2 Å². The number of halogens is 1. The Hall–Kier alpha value is -3.36. The van der Waals surface area contributed by atoms with Crippen LogP contribution in [0.5, 0.6) is 5.75 Å². The van der Waals surface area contributed by atoms with Crippen molar-refractivity contribution in [1.29, 1.82) is 0 Å². The quantitative estimate of drug-likeness (QED) is 0.275. The summed E-state index contributed by atoms with van der Waals surface area (Å²) in [7, 11) is 1.53. The van der Waals surface area contributed by atoms with Crippen molar-refractivity contribution in [2.45, 2.75) is 44.6 Å². The van der Waals surface area contributed by atoms with Crippen molar-refractivity contribution in [3.05, 3.63) is 64.3 Å². The van der Waals surface area contributed by atoms with Gasteiger partial charge in [0.1, 0.15) is 10.8 Å². The number of phenols is 1. The van der Waals surface area contributed by atoms with E-state index in [1.54, 1.807) is 6.07 Å². The Morgan fingerprint density at radius 1 is 1.06 bits per heavy atom. The van der Waals surface area contributed by atoms with Gasteiger partial charge in [-0.15, -0.1) is 0 Å². The molecule has 0 unspecified atom stereocenters. The Balaban J connectivity index is 1.32. The van der Waals surface area contributed by atoms with Crippen LogP contribution in [0, 0.1) is 0 Å². The van der Waals surface area contributed by atoms with Crippen molar-refractivity contribution < 1.29 is 9.90 Å². The molecule has 36 heavy (non-hydrogen) atoms. The van der Waals surface area contributed by atoms with Gasteiger partial charge in [0.25, 0.3) is 5.91 Å². The molecular weight excluding hydrogens is 476 g/mol. The molecule has 0 spiro atoms. The van der Waals surface area contributed by atoms with E-state index in [1.807, 2.05) is 0 Å². The number of aryl methyl sites for hydroxylation is 2. The van der Waals surface area contributed by atoms with Gasteiger partial charge < -0.3 is 26.0 Å². The summed E-state index contributed by atoms with van der Waals surface area (Å²) in [6.45, 7) is 2.49. The summed E-state index contributed by atoms with van der Waals surface area (Å²) >= 11 is 6.36. The number of likely N-dealkylation sites (tertiary alicyclic amines) is 1. The maximum absolute atomic E-state index is 12.3. The topological polar surface area (TPSA) is 102 Å². The summed E-state index contributed by atoms with van der Waals surface area (Å²) in [6, 6.07) is 11.7. The van der Waals surface area contributed by atoms with E-state index < -0.39 is 0 Å². The minimum Gasteiger partial charge on any atom is -0.508 e. The van der Waals surface area contributed by atoms with Gasteiger partial charge >= 0.3 is 0 Å². The largest absolute Gasteiger partial charge is 0.508 e. The number of carbonyl (C=O) groups is 1. The number of fused-ring (bicyclic) bond motifs is 1. The van der Waals surface area contributed by atoms with Crippen LogP contribution in [0.25, 0.3) is 0 Å². The van der Waals surface area contributed by atoms with E-state index >= 15 is 0 Å². The van der Waals surface area contributed by atoms with Crippen molar-refractivity contribution in [2.75, 3.05) is 30.8 Å². The fourth-order valence-electron chi connectivity index (χ4n) is 5.18. The molecule has 8 nitrogen and oxygen atoms in total. The summed E-state index contributed by atoms with van der Waals surface area (Å²) in [5.74, 6) is 0.401. The molecule has 0 saturated carbocycles. The third-order valence-electron chi connectivity index (χ3n) is 7.09. The summed E-state index contributed by atoms with van der Waals surface area (Å²) in [5, 5.41) is 19.1. The van der Waals surface area contributed by atoms with Crippen LogP contribution in [0.2, 0.25) is 5.02 Å². The number of benzene rings is 2. The molecule has 1 aliphatic heterocycles. The first kappa shape index (κ1) is 24.3. The van der Waals surface area contributed by atoms with Crippen LogP contribution >= 0.6 is 11.6 Å². The van der Waals surface area contributed by atoms with Crippen LogP contribution in [0.4, 0.5) is 23.1 Å². The monoisotopic (exact) mass is 506 g/mol. The van der Waals surface area contributed by atoms with E-state index in [1.165, 1.54) is 75.3 Å². The number of phenolic OH excluding ortho intramolecular Hbond substituents is 1. The fourth-order valence-corrected chi connectivity index (χ4v) is 5.31. The van der Waals surface area contributed by atoms with Crippen molar-refractivity contribution in [3.8, 4) is 5.75 Å². The second kappa shape index (κ2) is 10.7. The van der Waals surface area contributed by atoms with Crippen LogP contribution in [-0.2, 0) is 12.8 Å². The predicted octanol–water partition coefficient (Wildman–Crippen LogP) is 5.03. The molecule has 1 aromatic heterocycles. The third-order valence-corrected chi connectivity index (χ3v) is 7.36. The Morgan fingerprint density at radius 2 is 1.83 bits per heavy atom. The lowest BCUT2D eigenvalue weighted by atomic mass is 10.0. The summed E-state index contributed by atoms with van der Waals surface area (Å²) in [6.07, 6.45) is 8.78. The van der Waals surface area contributed by atoms with Gasteiger partial charge in [0.05, 0.1) is 17.4 Å². The number of nitrogens with one attached hydrogen (secondary N) is 3. The Labute approximate surface area is 216 Å². The number of aromatic nitrogens is 2. The molecule has 2 aromatic carbocycles. The molecule has 1 saturated heterocycles. The summed E-state index contributed by atoms with van der Waals surface area (Å²) in [4.78, 5) is 23.8. The lowest BCUT2D eigenvalue weighted by Crippen LogP contribution is -2.32. The zero-order valence-corrected chi connectivity index (χ0v) is 21.1. The number of aromatic hydroxyl groups is 1. The van der Waals surface area contributed by atoms with E-state index in [-0.39, 0.29) is 17.2 Å². The lowest BCUT2D eigenvalue weighted by Gasteiger charge is -2.25. The number of amides is 1.